The van der Waals surface area contributed by atoms with Crippen LogP contribution in [0, 0.1) is 6.92 Å². The molecule has 0 unspecified atom stereocenters. The average molecular weight is 267 g/mol. The number of para-hydroxylation sites is 1. The van der Waals surface area contributed by atoms with Gasteiger partial charge in [0.15, 0.2) is 0 Å². The number of nitrogens with zero attached hydrogens (tertiary/aromatic N) is 4. The van der Waals surface area contributed by atoms with E-state index in [0.29, 0.717) is 0 Å². The van der Waals surface area contributed by atoms with E-state index in [1.54, 1.807) is 4.68 Å². The normalized spacial score (nSPS) is 10.8. The Morgan fingerprint density at radius 1 is 1.15 bits per heavy atom. The van der Waals surface area contributed by atoms with Crippen molar-refractivity contribution in [1.82, 2.24) is 19.6 Å². The average Bonchev–Trinajstić information content (AvgIpc) is 3.03. The Labute approximate surface area is 117 Å². The minimum atomic E-state index is 0.950. The van der Waals surface area contributed by atoms with Crippen LogP contribution in [0.5, 0.6) is 0 Å². The summed E-state index contributed by atoms with van der Waals surface area (Å²) < 4.78 is 3.72. The van der Waals surface area contributed by atoms with Crippen molar-refractivity contribution in [3.8, 4) is 16.9 Å². The molecule has 0 fully saturated rings. The van der Waals surface area contributed by atoms with Gasteiger partial charge in [-0.05, 0) is 19.1 Å². The largest absolute Gasteiger partial charge is 0.373 e. The molecule has 5 heteroatoms. The first-order valence-corrected chi connectivity index (χ1v) is 6.52. The highest BCUT2D eigenvalue weighted by Crippen LogP contribution is 2.29. The fraction of sp³-hybridized carbons (Fsp3) is 0.200. The van der Waals surface area contributed by atoms with Gasteiger partial charge in [-0.2, -0.15) is 10.2 Å². The van der Waals surface area contributed by atoms with E-state index in [1.165, 1.54) is 0 Å². The molecular weight excluding hydrogens is 250 g/mol. The second kappa shape index (κ2) is 4.85. The number of aryl methyl sites for hydroxylation is 1. The quantitative estimate of drug-likeness (QED) is 0.793. The zero-order valence-corrected chi connectivity index (χ0v) is 11.8. The van der Waals surface area contributed by atoms with Crippen LogP contribution in [0.15, 0.2) is 42.7 Å². The second-order valence-corrected chi connectivity index (χ2v) is 4.72. The van der Waals surface area contributed by atoms with E-state index < -0.39 is 0 Å². The van der Waals surface area contributed by atoms with E-state index in [4.69, 9.17) is 5.10 Å². The molecule has 1 N–H and O–H groups in total. The highest BCUT2D eigenvalue weighted by Gasteiger charge is 2.16. The van der Waals surface area contributed by atoms with Crippen molar-refractivity contribution in [2.24, 2.45) is 7.05 Å². The fourth-order valence-electron chi connectivity index (χ4n) is 2.36. The molecule has 0 saturated heterocycles. The number of nitrogens with one attached hydrogen (secondary N) is 1. The highest BCUT2D eigenvalue weighted by molar-refractivity contribution is 5.69. The molecule has 0 atom stereocenters. The zero-order chi connectivity index (χ0) is 14.1. The molecule has 0 saturated carbocycles. The molecular formula is C15H17N5. The Kier molecular flexibility index (Phi) is 3.02. The Morgan fingerprint density at radius 2 is 1.90 bits per heavy atom. The molecule has 3 aromatic rings. The number of rotatable bonds is 3. The summed E-state index contributed by atoms with van der Waals surface area (Å²) in [5.41, 5.74) is 4.13. The van der Waals surface area contributed by atoms with E-state index in [0.717, 1.165) is 28.3 Å². The van der Waals surface area contributed by atoms with Crippen LogP contribution in [0.4, 0.5) is 5.82 Å². The van der Waals surface area contributed by atoms with Crippen molar-refractivity contribution in [2.75, 3.05) is 12.4 Å². The third kappa shape index (κ3) is 1.97. The molecule has 3 rings (SSSR count). The van der Waals surface area contributed by atoms with Gasteiger partial charge in [0.05, 0.1) is 11.9 Å². The lowest BCUT2D eigenvalue weighted by Gasteiger charge is -2.06. The van der Waals surface area contributed by atoms with E-state index in [9.17, 15) is 0 Å². The van der Waals surface area contributed by atoms with Crippen LogP contribution in [0.25, 0.3) is 16.9 Å². The molecule has 0 aliphatic carbocycles. The SMILES string of the molecule is CNc1c(C)c(-c2cnn(C)c2)nn1-c1ccccc1. The van der Waals surface area contributed by atoms with Crippen LogP contribution in [0.2, 0.25) is 0 Å². The van der Waals surface area contributed by atoms with Crippen LogP contribution in [0.1, 0.15) is 5.56 Å². The van der Waals surface area contributed by atoms with Crippen molar-refractivity contribution < 1.29 is 0 Å². The molecule has 0 aliphatic rings. The molecule has 2 heterocycles. The summed E-state index contributed by atoms with van der Waals surface area (Å²) >= 11 is 0. The predicted octanol–water partition coefficient (Wildman–Crippen LogP) is 2.62. The Hall–Kier alpha value is -2.56. The zero-order valence-electron chi connectivity index (χ0n) is 11.8. The van der Waals surface area contributed by atoms with Crippen molar-refractivity contribution in [1.29, 1.82) is 0 Å². The van der Waals surface area contributed by atoms with Gasteiger partial charge in [-0.15, -0.1) is 0 Å². The van der Waals surface area contributed by atoms with Gasteiger partial charge in [-0.25, -0.2) is 4.68 Å². The van der Waals surface area contributed by atoms with Crippen LogP contribution in [0.3, 0.4) is 0 Å². The highest BCUT2D eigenvalue weighted by atomic mass is 15.3. The summed E-state index contributed by atoms with van der Waals surface area (Å²) in [6, 6.07) is 10.1. The standard InChI is InChI=1S/C15H17N5/c1-11-14(12-9-17-19(3)10-12)18-20(15(11)16-2)13-7-5-4-6-8-13/h4-10,16H,1-3H3. The van der Waals surface area contributed by atoms with Gasteiger partial charge in [0, 0.05) is 31.4 Å². The van der Waals surface area contributed by atoms with E-state index in [1.807, 2.05) is 61.5 Å². The molecule has 0 amide bonds. The van der Waals surface area contributed by atoms with Crippen LogP contribution in [-0.2, 0) is 7.05 Å². The van der Waals surface area contributed by atoms with Crippen molar-refractivity contribution in [3.05, 3.63) is 48.3 Å². The lowest BCUT2D eigenvalue weighted by molar-refractivity contribution is 0.768. The Bertz CT molecular complexity index is 724. The molecule has 0 spiro atoms. The number of hydrogen-bond donors (Lipinski definition) is 1. The van der Waals surface area contributed by atoms with Crippen LogP contribution >= 0.6 is 0 Å². The van der Waals surface area contributed by atoms with Gasteiger partial charge in [0.2, 0.25) is 0 Å². The summed E-state index contributed by atoms with van der Waals surface area (Å²) in [7, 11) is 3.82. The smallest absolute Gasteiger partial charge is 0.133 e. The monoisotopic (exact) mass is 267 g/mol. The minimum absolute atomic E-state index is 0.950. The van der Waals surface area contributed by atoms with Crippen molar-refractivity contribution >= 4 is 5.82 Å². The van der Waals surface area contributed by atoms with E-state index >= 15 is 0 Å². The summed E-state index contributed by atoms with van der Waals surface area (Å²) in [5, 5.41) is 12.2. The lowest BCUT2D eigenvalue weighted by atomic mass is 10.1. The molecule has 2 aromatic heterocycles. The van der Waals surface area contributed by atoms with Crippen molar-refractivity contribution in [2.45, 2.75) is 6.92 Å². The lowest BCUT2D eigenvalue weighted by Crippen LogP contribution is -2.02. The van der Waals surface area contributed by atoms with Gasteiger partial charge >= 0.3 is 0 Å². The first kappa shape index (κ1) is 12.5. The molecule has 0 radical (unpaired) electrons. The van der Waals surface area contributed by atoms with Crippen LogP contribution < -0.4 is 5.32 Å². The van der Waals surface area contributed by atoms with Gasteiger partial charge in [-0.3, -0.25) is 4.68 Å². The van der Waals surface area contributed by atoms with E-state index in [-0.39, 0.29) is 0 Å². The summed E-state index contributed by atoms with van der Waals surface area (Å²) in [5.74, 6) is 0.995. The second-order valence-electron chi connectivity index (χ2n) is 4.72. The molecule has 1 aromatic carbocycles. The number of benzene rings is 1. The maximum Gasteiger partial charge on any atom is 0.133 e. The maximum absolute atomic E-state index is 4.74. The summed E-state index contributed by atoms with van der Waals surface area (Å²) in [4.78, 5) is 0. The first-order chi connectivity index (χ1) is 9.70. The van der Waals surface area contributed by atoms with Gasteiger partial charge in [0.1, 0.15) is 11.5 Å². The van der Waals surface area contributed by atoms with Gasteiger partial charge in [-0.1, -0.05) is 18.2 Å². The van der Waals surface area contributed by atoms with Crippen molar-refractivity contribution in [3.63, 3.8) is 0 Å². The molecule has 102 valence electrons. The first-order valence-electron chi connectivity index (χ1n) is 6.52. The third-order valence-corrected chi connectivity index (χ3v) is 3.34. The molecule has 0 aliphatic heterocycles. The van der Waals surface area contributed by atoms with Gasteiger partial charge in [0.25, 0.3) is 0 Å². The van der Waals surface area contributed by atoms with Crippen LogP contribution in [-0.4, -0.2) is 26.6 Å². The maximum atomic E-state index is 4.74. The molecule has 5 nitrogen and oxygen atoms in total. The number of anilines is 1. The van der Waals surface area contributed by atoms with Gasteiger partial charge < -0.3 is 5.32 Å². The number of aromatic nitrogens is 4. The third-order valence-electron chi connectivity index (χ3n) is 3.34. The predicted molar refractivity (Wildman–Crippen MR) is 80.0 cm³/mol. The van der Waals surface area contributed by atoms with E-state index in [2.05, 4.69) is 17.3 Å². The molecule has 20 heavy (non-hydrogen) atoms. The Morgan fingerprint density at radius 3 is 2.50 bits per heavy atom. The minimum Gasteiger partial charge on any atom is -0.373 e. The molecule has 0 bridgehead atoms. The summed E-state index contributed by atoms with van der Waals surface area (Å²) in [6.07, 6.45) is 3.81. The fourth-order valence-corrected chi connectivity index (χ4v) is 2.36. The topological polar surface area (TPSA) is 47.7 Å². The Balaban J connectivity index is 2.17. The number of hydrogen-bond acceptors (Lipinski definition) is 3. The summed E-state index contributed by atoms with van der Waals surface area (Å²) in [6.45, 7) is 2.07.